The van der Waals surface area contributed by atoms with Gasteiger partial charge < -0.3 is 4.74 Å². The number of unbranched alkanes of at least 4 members (excludes halogenated alkanes) is 1. The molecule has 1 saturated heterocycles. The first-order valence-electron chi connectivity index (χ1n) is 11.0. The minimum absolute atomic E-state index is 0.438. The SMILES string of the molecule is C=CCCCOC1=CC(=[N+]2[C@@H](c3ccccc3)CC[C@@H]2c2ccccc2)CCC1. The molecule has 1 aliphatic heterocycles. The van der Waals surface area contributed by atoms with E-state index < -0.39 is 0 Å². The van der Waals surface area contributed by atoms with E-state index in [9.17, 15) is 0 Å². The molecule has 1 aliphatic carbocycles. The van der Waals surface area contributed by atoms with Crippen LogP contribution in [0.2, 0.25) is 0 Å². The third-order valence-corrected chi connectivity index (χ3v) is 6.11. The summed E-state index contributed by atoms with van der Waals surface area (Å²) in [4.78, 5) is 0. The molecule has 2 heteroatoms. The van der Waals surface area contributed by atoms with Crippen LogP contribution in [-0.4, -0.2) is 16.9 Å². The van der Waals surface area contributed by atoms with E-state index in [1.165, 1.54) is 36.1 Å². The first-order chi connectivity index (χ1) is 14.4. The van der Waals surface area contributed by atoms with Crippen LogP contribution in [0.5, 0.6) is 0 Å². The van der Waals surface area contributed by atoms with E-state index in [0.29, 0.717) is 12.1 Å². The van der Waals surface area contributed by atoms with Gasteiger partial charge in [-0.2, -0.15) is 0 Å². The van der Waals surface area contributed by atoms with Crippen molar-refractivity contribution in [2.75, 3.05) is 6.61 Å². The largest absolute Gasteiger partial charge is 0.498 e. The Morgan fingerprint density at radius 1 is 0.897 bits per heavy atom. The van der Waals surface area contributed by atoms with Gasteiger partial charge in [-0.1, -0.05) is 66.7 Å². The predicted octanol–water partition coefficient (Wildman–Crippen LogP) is 6.77. The van der Waals surface area contributed by atoms with Crippen LogP contribution in [0.4, 0.5) is 0 Å². The van der Waals surface area contributed by atoms with Crippen molar-refractivity contribution in [3.05, 3.63) is 96.3 Å². The molecule has 2 aromatic carbocycles. The van der Waals surface area contributed by atoms with Gasteiger partial charge in [0.2, 0.25) is 0 Å². The normalized spacial score (nSPS) is 21.7. The summed E-state index contributed by atoms with van der Waals surface area (Å²) in [5.41, 5.74) is 4.28. The van der Waals surface area contributed by atoms with Gasteiger partial charge in [-0.05, 0) is 19.3 Å². The van der Waals surface area contributed by atoms with Gasteiger partial charge >= 0.3 is 0 Å². The number of hydrogen-bond acceptors (Lipinski definition) is 1. The number of benzene rings is 2. The molecule has 0 amide bonds. The van der Waals surface area contributed by atoms with E-state index in [1.807, 2.05) is 6.08 Å². The highest BCUT2D eigenvalue weighted by Gasteiger charge is 2.41. The van der Waals surface area contributed by atoms with Gasteiger partial charge in [-0.25, -0.2) is 4.58 Å². The molecule has 2 aliphatic rings. The molecule has 29 heavy (non-hydrogen) atoms. The van der Waals surface area contributed by atoms with Gasteiger partial charge in [-0.3, -0.25) is 0 Å². The fourth-order valence-electron chi connectivity index (χ4n) is 4.74. The Labute approximate surface area is 175 Å². The highest BCUT2D eigenvalue weighted by atomic mass is 16.5. The van der Waals surface area contributed by atoms with Gasteiger partial charge in [0.05, 0.1) is 6.61 Å². The average molecular weight is 387 g/mol. The fourth-order valence-corrected chi connectivity index (χ4v) is 4.74. The lowest BCUT2D eigenvalue weighted by Gasteiger charge is -2.20. The third-order valence-electron chi connectivity index (χ3n) is 6.11. The van der Waals surface area contributed by atoms with Crippen LogP contribution in [0.25, 0.3) is 0 Å². The molecular weight excluding hydrogens is 354 g/mol. The minimum Gasteiger partial charge on any atom is -0.498 e. The Morgan fingerprint density at radius 2 is 1.52 bits per heavy atom. The van der Waals surface area contributed by atoms with Crippen LogP contribution < -0.4 is 0 Å². The van der Waals surface area contributed by atoms with Crippen LogP contribution in [0.15, 0.2) is 85.2 Å². The highest BCUT2D eigenvalue weighted by molar-refractivity contribution is 5.92. The van der Waals surface area contributed by atoms with E-state index in [0.717, 1.165) is 38.0 Å². The maximum atomic E-state index is 6.12. The predicted molar refractivity (Wildman–Crippen MR) is 120 cm³/mol. The summed E-state index contributed by atoms with van der Waals surface area (Å²) in [6.07, 6.45) is 12.1. The van der Waals surface area contributed by atoms with Crippen LogP contribution in [-0.2, 0) is 4.74 Å². The van der Waals surface area contributed by atoms with Crippen molar-refractivity contribution >= 4 is 5.71 Å². The summed E-state index contributed by atoms with van der Waals surface area (Å²) in [7, 11) is 0. The van der Waals surface area contributed by atoms with Gasteiger partial charge in [0.25, 0.3) is 0 Å². The molecule has 0 aromatic heterocycles. The van der Waals surface area contributed by atoms with Crippen molar-refractivity contribution in [3.63, 3.8) is 0 Å². The number of allylic oxidation sites excluding steroid dienone is 3. The Balaban J connectivity index is 1.68. The molecule has 0 unspecified atom stereocenters. The van der Waals surface area contributed by atoms with Gasteiger partial charge in [0, 0.05) is 42.9 Å². The van der Waals surface area contributed by atoms with Gasteiger partial charge in [0.15, 0.2) is 17.8 Å². The summed E-state index contributed by atoms with van der Waals surface area (Å²) in [6, 6.07) is 22.9. The summed E-state index contributed by atoms with van der Waals surface area (Å²) in [5, 5.41) is 0. The summed E-state index contributed by atoms with van der Waals surface area (Å²) >= 11 is 0. The molecule has 0 spiro atoms. The molecule has 150 valence electrons. The zero-order chi connectivity index (χ0) is 19.9. The second-order valence-electron chi connectivity index (χ2n) is 8.07. The Hall–Kier alpha value is -2.61. The molecule has 0 saturated carbocycles. The van der Waals surface area contributed by atoms with Crippen molar-refractivity contribution in [3.8, 4) is 0 Å². The number of ether oxygens (including phenoxy) is 1. The molecule has 2 aromatic rings. The van der Waals surface area contributed by atoms with E-state index >= 15 is 0 Å². The van der Waals surface area contributed by atoms with Crippen LogP contribution in [0, 0.1) is 0 Å². The summed E-state index contributed by atoms with van der Waals surface area (Å²) < 4.78 is 8.81. The van der Waals surface area contributed by atoms with E-state index in [2.05, 4.69) is 77.9 Å². The maximum Gasteiger partial charge on any atom is 0.180 e. The number of rotatable bonds is 7. The lowest BCUT2D eigenvalue weighted by Crippen LogP contribution is -2.25. The second kappa shape index (κ2) is 9.73. The molecular formula is C27H32NO+. The first-order valence-corrected chi connectivity index (χ1v) is 11.0. The standard InChI is InChI=1S/C27H32NO/c1-2-3-10-20-29-25-17-11-16-24(21-25)28-26(22-12-6-4-7-13-22)18-19-27(28)23-14-8-5-9-15-23/h2,4-9,12-15,21,26-27H,1,3,10-11,16-20H2/q+1/t26-,27-/m1/s1. The van der Waals surface area contributed by atoms with Crippen molar-refractivity contribution in [2.45, 2.75) is 57.0 Å². The average Bonchev–Trinajstić information content (AvgIpc) is 3.23. The van der Waals surface area contributed by atoms with Crippen molar-refractivity contribution in [1.82, 2.24) is 0 Å². The first kappa shape index (κ1) is 19.7. The summed E-state index contributed by atoms with van der Waals surface area (Å²) in [5.74, 6) is 1.15. The smallest absolute Gasteiger partial charge is 0.180 e. The van der Waals surface area contributed by atoms with Crippen molar-refractivity contribution < 1.29 is 9.31 Å². The lowest BCUT2D eigenvalue weighted by atomic mass is 10.0. The quantitative estimate of drug-likeness (QED) is 0.291. The zero-order valence-electron chi connectivity index (χ0n) is 17.3. The fraction of sp³-hybridized carbons (Fsp3) is 0.370. The highest BCUT2D eigenvalue weighted by Crippen LogP contribution is 2.41. The molecule has 1 fully saturated rings. The third kappa shape index (κ3) is 4.70. The van der Waals surface area contributed by atoms with E-state index in [1.54, 1.807) is 0 Å². The molecule has 4 rings (SSSR count). The van der Waals surface area contributed by atoms with Crippen LogP contribution in [0.1, 0.15) is 68.2 Å². The lowest BCUT2D eigenvalue weighted by molar-refractivity contribution is -0.591. The zero-order valence-corrected chi connectivity index (χ0v) is 17.3. The van der Waals surface area contributed by atoms with Crippen molar-refractivity contribution in [1.29, 1.82) is 0 Å². The topological polar surface area (TPSA) is 12.2 Å². The van der Waals surface area contributed by atoms with Gasteiger partial charge in [-0.15, -0.1) is 6.58 Å². The Kier molecular flexibility index (Phi) is 6.61. The molecule has 0 radical (unpaired) electrons. The molecule has 2 atom stereocenters. The maximum absolute atomic E-state index is 6.12. The summed E-state index contributed by atoms with van der Waals surface area (Å²) in [6.45, 7) is 4.59. The van der Waals surface area contributed by atoms with Crippen molar-refractivity contribution in [2.24, 2.45) is 0 Å². The van der Waals surface area contributed by atoms with Crippen LogP contribution in [0.3, 0.4) is 0 Å². The number of hydrogen-bond donors (Lipinski definition) is 0. The monoisotopic (exact) mass is 386 g/mol. The molecule has 2 nitrogen and oxygen atoms in total. The van der Waals surface area contributed by atoms with Crippen LogP contribution >= 0.6 is 0 Å². The molecule has 0 bridgehead atoms. The Bertz CT molecular complexity index is 816. The minimum atomic E-state index is 0.438. The van der Waals surface area contributed by atoms with Gasteiger partial charge in [0.1, 0.15) is 5.76 Å². The molecule has 0 N–H and O–H groups in total. The van der Waals surface area contributed by atoms with E-state index in [-0.39, 0.29) is 0 Å². The molecule has 1 heterocycles. The Morgan fingerprint density at radius 3 is 2.10 bits per heavy atom. The number of nitrogens with zero attached hydrogens (tertiary/aromatic N) is 1. The van der Waals surface area contributed by atoms with E-state index in [4.69, 9.17) is 4.74 Å². The second-order valence-corrected chi connectivity index (χ2v) is 8.07.